The highest BCUT2D eigenvalue weighted by Gasteiger charge is 2.31. The highest BCUT2D eigenvalue weighted by atomic mass is 32.2. The average molecular weight is 411 g/mol. The lowest BCUT2D eigenvalue weighted by Crippen LogP contribution is -2.50. The molecule has 0 saturated carbocycles. The van der Waals surface area contributed by atoms with Gasteiger partial charge in [-0.05, 0) is 43.0 Å². The average Bonchev–Trinajstić information content (AvgIpc) is 3.09. The Bertz CT molecular complexity index is 885. The van der Waals surface area contributed by atoms with Crippen LogP contribution < -0.4 is 0 Å². The fraction of sp³-hybridized carbons (Fsp3) is 0.389. The molecule has 0 atom stereocenters. The van der Waals surface area contributed by atoms with Gasteiger partial charge < -0.3 is 4.90 Å². The Labute approximate surface area is 163 Å². The van der Waals surface area contributed by atoms with Crippen LogP contribution in [0.25, 0.3) is 0 Å². The van der Waals surface area contributed by atoms with Crippen molar-refractivity contribution < 1.29 is 13.2 Å². The van der Waals surface area contributed by atoms with E-state index in [4.69, 9.17) is 0 Å². The van der Waals surface area contributed by atoms with E-state index in [1.165, 1.54) is 15.6 Å². The van der Waals surface area contributed by atoms with E-state index in [9.17, 15) is 13.2 Å². The number of carbonyl (C=O) groups excluding carboxylic acids is 1. The van der Waals surface area contributed by atoms with Gasteiger partial charge in [-0.2, -0.15) is 16.1 Å². The van der Waals surface area contributed by atoms with Gasteiger partial charge >= 0.3 is 0 Å². The van der Waals surface area contributed by atoms with Gasteiger partial charge in [0.2, 0.25) is 0 Å². The van der Waals surface area contributed by atoms with Crippen molar-refractivity contribution in [1.29, 1.82) is 0 Å². The number of carbonyl (C=O) groups is 1. The largest absolute Gasteiger partial charge is 0.336 e. The molecular formula is C18H22N2O3S3. The van der Waals surface area contributed by atoms with Gasteiger partial charge in [-0.15, -0.1) is 11.3 Å². The summed E-state index contributed by atoms with van der Waals surface area (Å²) < 4.78 is 27.2. The molecule has 1 aromatic heterocycles. The molecule has 5 nitrogen and oxygen atoms in total. The van der Waals surface area contributed by atoms with E-state index in [0.29, 0.717) is 36.0 Å². The molecule has 8 heteroatoms. The Kier molecular flexibility index (Phi) is 6.06. The van der Waals surface area contributed by atoms with Crippen molar-refractivity contribution in [1.82, 2.24) is 9.21 Å². The van der Waals surface area contributed by atoms with Crippen LogP contribution in [0.2, 0.25) is 0 Å². The predicted octanol–water partition coefficient (Wildman–Crippen LogP) is 3.07. The molecule has 2 heterocycles. The van der Waals surface area contributed by atoms with Crippen LogP contribution in [0, 0.1) is 6.92 Å². The first kappa shape index (κ1) is 19.4. The molecule has 0 aliphatic carbocycles. The predicted molar refractivity (Wildman–Crippen MR) is 107 cm³/mol. The summed E-state index contributed by atoms with van der Waals surface area (Å²) in [5, 5.41) is 0. The number of piperazine rings is 1. The Morgan fingerprint density at radius 1 is 1.15 bits per heavy atom. The van der Waals surface area contributed by atoms with E-state index in [1.54, 1.807) is 22.7 Å². The van der Waals surface area contributed by atoms with Crippen molar-refractivity contribution in [3.8, 4) is 0 Å². The van der Waals surface area contributed by atoms with Gasteiger partial charge in [0, 0.05) is 42.4 Å². The number of thioether (sulfide) groups is 1. The molecular weight excluding hydrogens is 388 g/mol. The number of hydrogen-bond acceptors (Lipinski definition) is 5. The highest BCUT2D eigenvalue weighted by Crippen LogP contribution is 2.25. The normalized spacial score (nSPS) is 16.0. The number of nitrogens with zero attached hydrogens (tertiary/aromatic N) is 2. The third-order valence-corrected chi connectivity index (χ3v) is 8.31. The highest BCUT2D eigenvalue weighted by molar-refractivity contribution is 7.97. The minimum Gasteiger partial charge on any atom is -0.336 e. The Balaban J connectivity index is 1.66. The lowest BCUT2D eigenvalue weighted by molar-refractivity contribution is 0.0698. The fourth-order valence-corrected chi connectivity index (χ4v) is 6.33. The van der Waals surface area contributed by atoms with Crippen molar-refractivity contribution in [2.75, 3.05) is 32.4 Å². The molecule has 140 valence electrons. The molecule has 0 bridgehead atoms. The molecule has 1 saturated heterocycles. The molecule has 0 radical (unpaired) electrons. The monoisotopic (exact) mass is 410 g/mol. The smallest absolute Gasteiger partial charge is 0.253 e. The number of amides is 1. The van der Waals surface area contributed by atoms with E-state index in [2.05, 4.69) is 0 Å². The number of benzene rings is 1. The van der Waals surface area contributed by atoms with Crippen LogP contribution in [0.3, 0.4) is 0 Å². The van der Waals surface area contributed by atoms with Gasteiger partial charge in [-0.3, -0.25) is 4.79 Å². The van der Waals surface area contributed by atoms with Gasteiger partial charge in [0.25, 0.3) is 15.9 Å². The van der Waals surface area contributed by atoms with Crippen LogP contribution >= 0.6 is 23.1 Å². The van der Waals surface area contributed by atoms with Crippen LogP contribution in [-0.4, -0.2) is 56.0 Å². The molecule has 0 N–H and O–H groups in total. The summed E-state index contributed by atoms with van der Waals surface area (Å²) in [5.74, 6) is 0.838. The second-order valence-corrected chi connectivity index (χ2v) is 10.5. The molecule has 0 unspecified atom stereocenters. The van der Waals surface area contributed by atoms with Crippen LogP contribution in [0.4, 0.5) is 0 Å². The zero-order valence-electron chi connectivity index (χ0n) is 14.8. The number of thiophene rings is 1. The second kappa shape index (κ2) is 8.12. The molecule has 2 aromatic rings. The lowest BCUT2D eigenvalue weighted by atomic mass is 10.1. The molecule has 1 aromatic carbocycles. The van der Waals surface area contributed by atoms with E-state index in [0.717, 1.165) is 16.2 Å². The summed E-state index contributed by atoms with van der Waals surface area (Å²) in [4.78, 5) is 15.5. The summed E-state index contributed by atoms with van der Waals surface area (Å²) in [7, 11) is -3.46. The summed E-state index contributed by atoms with van der Waals surface area (Å²) in [6.07, 6.45) is 2.03. The zero-order valence-corrected chi connectivity index (χ0v) is 17.3. The van der Waals surface area contributed by atoms with E-state index >= 15 is 0 Å². The Morgan fingerprint density at radius 2 is 1.88 bits per heavy atom. The fourth-order valence-electron chi connectivity index (χ4n) is 2.95. The van der Waals surface area contributed by atoms with Gasteiger partial charge in [0.15, 0.2) is 0 Å². The standard InChI is InChI=1S/C18H22N2O3S3/c1-14-6-7-17(25-14)26(22,23)20-10-8-19(9-11-20)18(21)16-5-3-4-15(12-16)13-24-2/h3-7,12H,8-11,13H2,1-2H3. The molecule has 0 spiro atoms. The van der Waals surface area contributed by atoms with Crippen LogP contribution in [-0.2, 0) is 15.8 Å². The summed E-state index contributed by atoms with van der Waals surface area (Å²) in [6, 6.07) is 11.1. The van der Waals surface area contributed by atoms with Gasteiger partial charge in [0.1, 0.15) is 4.21 Å². The van der Waals surface area contributed by atoms with Crippen LogP contribution in [0.5, 0.6) is 0 Å². The summed E-state index contributed by atoms with van der Waals surface area (Å²) in [5.41, 5.74) is 1.79. The van der Waals surface area contributed by atoms with Crippen molar-refractivity contribution in [3.05, 3.63) is 52.4 Å². The first-order valence-corrected chi connectivity index (χ1v) is 12.0. The minimum absolute atomic E-state index is 0.0306. The van der Waals surface area contributed by atoms with E-state index in [-0.39, 0.29) is 5.91 Å². The minimum atomic E-state index is -3.46. The first-order chi connectivity index (χ1) is 12.4. The third kappa shape index (κ3) is 4.14. The third-order valence-electron chi connectivity index (χ3n) is 4.32. The van der Waals surface area contributed by atoms with E-state index in [1.807, 2.05) is 43.5 Å². The Hall–Kier alpha value is -1.35. The van der Waals surface area contributed by atoms with Crippen molar-refractivity contribution >= 4 is 39.0 Å². The topological polar surface area (TPSA) is 57.7 Å². The van der Waals surface area contributed by atoms with Gasteiger partial charge in [-0.25, -0.2) is 8.42 Å². The number of sulfonamides is 1. The SMILES string of the molecule is CSCc1cccc(C(=O)N2CCN(S(=O)(=O)c3ccc(C)s3)CC2)c1. The maximum absolute atomic E-state index is 12.7. The van der Waals surface area contributed by atoms with Crippen LogP contribution in [0.1, 0.15) is 20.8 Å². The maximum Gasteiger partial charge on any atom is 0.253 e. The first-order valence-electron chi connectivity index (χ1n) is 8.35. The number of rotatable bonds is 5. The Morgan fingerprint density at radius 3 is 2.50 bits per heavy atom. The number of hydrogen-bond donors (Lipinski definition) is 0. The molecule has 1 amide bonds. The molecule has 1 aliphatic rings. The maximum atomic E-state index is 12.7. The summed E-state index contributed by atoms with van der Waals surface area (Å²) >= 11 is 3.00. The molecule has 1 aliphatic heterocycles. The quantitative estimate of drug-likeness (QED) is 0.760. The molecule has 1 fully saturated rings. The van der Waals surface area contributed by atoms with E-state index < -0.39 is 10.0 Å². The second-order valence-electron chi connectivity index (χ2n) is 6.19. The van der Waals surface area contributed by atoms with Crippen molar-refractivity contribution in [2.24, 2.45) is 0 Å². The van der Waals surface area contributed by atoms with Crippen molar-refractivity contribution in [3.63, 3.8) is 0 Å². The van der Waals surface area contributed by atoms with Gasteiger partial charge in [0.05, 0.1) is 0 Å². The van der Waals surface area contributed by atoms with Gasteiger partial charge in [-0.1, -0.05) is 12.1 Å². The van der Waals surface area contributed by atoms with Crippen LogP contribution in [0.15, 0.2) is 40.6 Å². The lowest BCUT2D eigenvalue weighted by Gasteiger charge is -2.33. The molecule has 26 heavy (non-hydrogen) atoms. The zero-order chi connectivity index (χ0) is 18.7. The number of aryl methyl sites for hydroxylation is 1. The van der Waals surface area contributed by atoms with Crippen molar-refractivity contribution in [2.45, 2.75) is 16.9 Å². The molecule has 3 rings (SSSR count). The summed E-state index contributed by atoms with van der Waals surface area (Å²) in [6.45, 7) is 3.38.